The number of hydrogen-bond acceptors (Lipinski definition) is 7. The molecule has 2 aliphatic rings. The van der Waals surface area contributed by atoms with Crippen LogP contribution in [0.5, 0.6) is 5.75 Å². The second-order valence-electron chi connectivity index (χ2n) is 10.5. The molecule has 7 heteroatoms. The van der Waals surface area contributed by atoms with Gasteiger partial charge in [0.25, 0.3) is 0 Å². The smallest absolute Gasteiger partial charge is 0.123 e. The van der Waals surface area contributed by atoms with Gasteiger partial charge in [-0.1, -0.05) is 48.5 Å². The molecule has 0 spiro atoms. The number of para-hydroxylation sites is 1. The van der Waals surface area contributed by atoms with Gasteiger partial charge in [0.2, 0.25) is 0 Å². The number of nitrogen functional groups attached to an aromatic ring is 1. The maximum absolute atomic E-state index is 9.57. The number of ether oxygens (including phenoxy) is 2. The first kappa shape index (κ1) is 31.6. The number of allylic oxidation sites excluding steroid dienone is 1. The monoisotopic (exact) mass is 556 g/mol. The Morgan fingerprint density at radius 1 is 1.02 bits per heavy atom. The number of hydrogen-bond donors (Lipinski definition) is 3. The summed E-state index contributed by atoms with van der Waals surface area (Å²) in [6.07, 6.45) is 7.64. The predicted molar refractivity (Wildman–Crippen MR) is 170 cm³/mol. The number of carbonyl (C=O) groups is 1. The molecule has 0 radical (unpaired) electrons. The SMILES string of the molecule is CC1CN(Cc2ccc(/C=C/C(=N)c3ccccc3N)cc2)CC(C)O1.CNc1ccc(OC)cc1.O=CC1CC1. The van der Waals surface area contributed by atoms with Gasteiger partial charge in [0.05, 0.1) is 25.0 Å². The van der Waals surface area contributed by atoms with Crippen LogP contribution in [-0.2, 0) is 16.1 Å². The number of anilines is 2. The maximum Gasteiger partial charge on any atom is 0.123 e. The maximum atomic E-state index is 9.57. The largest absolute Gasteiger partial charge is 0.497 e. The van der Waals surface area contributed by atoms with Gasteiger partial charge < -0.3 is 30.7 Å². The van der Waals surface area contributed by atoms with Crippen molar-refractivity contribution in [2.45, 2.75) is 45.4 Å². The van der Waals surface area contributed by atoms with Crippen LogP contribution in [0.4, 0.5) is 11.4 Å². The molecule has 3 aromatic rings. The highest BCUT2D eigenvalue weighted by atomic mass is 16.5. The van der Waals surface area contributed by atoms with Crippen LogP contribution < -0.4 is 15.8 Å². The fourth-order valence-electron chi connectivity index (χ4n) is 4.41. The molecule has 0 aromatic heterocycles. The summed E-state index contributed by atoms with van der Waals surface area (Å²) in [4.78, 5) is 12.0. The van der Waals surface area contributed by atoms with Crippen LogP contribution >= 0.6 is 0 Å². The van der Waals surface area contributed by atoms with Crippen LogP contribution in [-0.4, -0.2) is 56.4 Å². The minimum absolute atomic E-state index is 0.289. The summed E-state index contributed by atoms with van der Waals surface area (Å²) in [5, 5.41) is 11.2. The summed E-state index contributed by atoms with van der Waals surface area (Å²) in [5.41, 5.74) is 11.2. The van der Waals surface area contributed by atoms with Gasteiger partial charge >= 0.3 is 0 Å². The van der Waals surface area contributed by atoms with E-state index in [1.807, 2.05) is 61.7 Å². The van der Waals surface area contributed by atoms with Crippen molar-refractivity contribution in [3.05, 3.63) is 95.6 Å². The Morgan fingerprint density at radius 2 is 1.66 bits per heavy atom. The van der Waals surface area contributed by atoms with E-state index >= 15 is 0 Å². The molecular formula is C34H44N4O3. The third-order valence-corrected chi connectivity index (χ3v) is 6.77. The molecule has 2 fully saturated rings. The Labute approximate surface area is 244 Å². The number of benzene rings is 3. The van der Waals surface area contributed by atoms with Gasteiger partial charge in [-0.05, 0) is 74.2 Å². The van der Waals surface area contributed by atoms with E-state index in [2.05, 4.69) is 48.3 Å². The quantitative estimate of drug-likeness (QED) is 0.171. The lowest BCUT2D eigenvalue weighted by molar-refractivity contribution is -0.108. The van der Waals surface area contributed by atoms with Crippen molar-refractivity contribution in [3.8, 4) is 5.75 Å². The number of nitrogens with zero attached hydrogens (tertiary/aromatic N) is 1. The van der Waals surface area contributed by atoms with Crippen molar-refractivity contribution in [2.24, 2.45) is 5.92 Å². The van der Waals surface area contributed by atoms with E-state index in [0.717, 1.165) is 61.3 Å². The molecule has 41 heavy (non-hydrogen) atoms. The normalized spacial score (nSPS) is 18.3. The van der Waals surface area contributed by atoms with Gasteiger partial charge in [0, 0.05) is 49.5 Å². The van der Waals surface area contributed by atoms with Crippen LogP contribution in [0, 0.1) is 11.3 Å². The minimum atomic E-state index is 0.289. The predicted octanol–water partition coefficient (Wildman–Crippen LogP) is 6.29. The summed E-state index contributed by atoms with van der Waals surface area (Å²) in [6, 6.07) is 23.8. The lowest BCUT2D eigenvalue weighted by Crippen LogP contribution is -2.44. The van der Waals surface area contributed by atoms with Crippen LogP contribution in [0.2, 0.25) is 0 Å². The van der Waals surface area contributed by atoms with Crippen molar-refractivity contribution < 1.29 is 14.3 Å². The second-order valence-corrected chi connectivity index (χ2v) is 10.5. The number of nitrogens with two attached hydrogens (primary N) is 1. The molecule has 4 N–H and O–H groups in total. The first-order valence-electron chi connectivity index (χ1n) is 14.2. The molecule has 2 unspecified atom stereocenters. The van der Waals surface area contributed by atoms with E-state index < -0.39 is 0 Å². The fourth-order valence-corrected chi connectivity index (χ4v) is 4.41. The molecule has 1 heterocycles. The van der Waals surface area contributed by atoms with E-state index in [1.165, 1.54) is 5.56 Å². The van der Waals surface area contributed by atoms with Crippen LogP contribution in [0.1, 0.15) is 43.4 Å². The molecule has 5 rings (SSSR count). The Kier molecular flexibility index (Phi) is 12.6. The molecule has 7 nitrogen and oxygen atoms in total. The Balaban J connectivity index is 0.000000250. The number of aldehydes is 1. The zero-order valence-electron chi connectivity index (χ0n) is 24.7. The highest BCUT2D eigenvalue weighted by molar-refractivity contribution is 6.11. The Bertz CT molecular complexity index is 1220. The minimum Gasteiger partial charge on any atom is -0.497 e. The molecule has 1 saturated heterocycles. The standard InChI is InChI=1S/C22H27N3O.C8H11NO.C4H6O/c1-16-13-25(14-17(2)26-16)15-19-9-7-18(8-10-19)11-12-22(24)20-5-3-4-6-21(20)23;1-9-7-3-5-8(10-2)6-4-7;5-3-4-1-2-4/h3-12,16-17,24H,13-15,23H2,1-2H3;3-6,9H,1-2H3;3-4H,1-2H2/b12-11+,24-22?;;. The van der Waals surface area contributed by atoms with Gasteiger partial charge in [-0.25, -0.2) is 0 Å². The molecular weight excluding hydrogens is 512 g/mol. The van der Waals surface area contributed by atoms with Gasteiger partial charge in [0.1, 0.15) is 12.0 Å². The van der Waals surface area contributed by atoms with E-state index in [9.17, 15) is 4.79 Å². The number of nitrogens with one attached hydrogen (secondary N) is 2. The van der Waals surface area contributed by atoms with Crippen molar-refractivity contribution in [3.63, 3.8) is 0 Å². The average Bonchev–Trinajstić information content (AvgIpc) is 3.82. The van der Waals surface area contributed by atoms with Gasteiger partial charge in [0.15, 0.2) is 0 Å². The van der Waals surface area contributed by atoms with E-state index in [1.54, 1.807) is 13.2 Å². The zero-order valence-corrected chi connectivity index (χ0v) is 24.7. The lowest BCUT2D eigenvalue weighted by Gasteiger charge is -2.35. The van der Waals surface area contributed by atoms with Crippen molar-refractivity contribution in [2.75, 3.05) is 38.3 Å². The number of rotatable bonds is 8. The highest BCUT2D eigenvalue weighted by Crippen LogP contribution is 2.25. The summed E-state index contributed by atoms with van der Waals surface area (Å²) in [5.74, 6) is 1.34. The van der Waals surface area contributed by atoms with Gasteiger partial charge in [-0.2, -0.15) is 0 Å². The third-order valence-electron chi connectivity index (χ3n) is 6.77. The second kappa shape index (κ2) is 16.4. The summed E-state index contributed by atoms with van der Waals surface area (Å²) >= 11 is 0. The average molecular weight is 557 g/mol. The van der Waals surface area contributed by atoms with Crippen molar-refractivity contribution in [1.29, 1.82) is 5.41 Å². The summed E-state index contributed by atoms with van der Waals surface area (Å²) < 4.78 is 10.8. The van der Waals surface area contributed by atoms with Crippen LogP contribution in [0.3, 0.4) is 0 Å². The molecule has 1 aliphatic carbocycles. The highest BCUT2D eigenvalue weighted by Gasteiger charge is 2.22. The number of morpholine rings is 1. The molecule has 2 atom stereocenters. The third kappa shape index (κ3) is 11.2. The molecule has 1 saturated carbocycles. The van der Waals surface area contributed by atoms with Crippen LogP contribution in [0.25, 0.3) is 6.08 Å². The molecule has 1 aliphatic heterocycles. The van der Waals surface area contributed by atoms with E-state index in [0.29, 0.717) is 17.3 Å². The molecule has 0 bridgehead atoms. The number of methoxy groups -OCH3 is 1. The van der Waals surface area contributed by atoms with Crippen molar-refractivity contribution >= 4 is 29.4 Å². The molecule has 0 amide bonds. The fraction of sp³-hybridized carbons (Fsp3) is 0.353. The van der Waals surface area contributed by atoms with E-state index in [4.69, 9.17) is 20.6 Å². The zero-order chi connectivity index (χ0) is 29.6. The summed E-state index contributed by atoms with van der Waals surface area (Å²) in [7, 11) is 3.55. The lowest BCUT2D eigenvalue weighted by atomic mass is 10.1. The first-order chi connectivity index (χ1) is 19.8. The summed E-state index contributed by atoms with van der Waals surface area (Å²) in [6.45, 7) is 7.15. The Hall–Kier alpha value is -3.94. The number of carbonyl (C=O) groups excluding carboxylic acids is 1. The molecule has 3 aromatic carbocycles. The first-order valence-corrected chi connectivity index (χ1v) is 14.2. The van der Waals surface area contributed by atoms with Gasteiger partial charge in [-0.15, -0.1) is 0 Å². The topological polar surface area (TPSA) is 101 Å². The Morgan fingerprint density at radius 3 is 2.17 bits per heavy atom. The van der Waals surface area contributed by atoms with Crippen molar-refractivity contribution in [1.82, 2.24) is 4.90 Å². The van der Waals surface area contributed by atoms with E-state index in [-0.39, 0.29) is 12.2 Å². The van der Waals surface area contributed by atoms with Gasteiger partial charge in [-0.3, -0.25) is 4.90 Å². The van der Waals surface area contributed by atoms with Crippen LogP contribution in [0.15, 0.2) is 78.9 Å². The molecule has 218 valence electrons.